The highest BCUT2D eigenvalue weighted by Crippen LogP contribution is 2.26. The maximum absolute atomic E-state index is 12.3. The molecule has 0 bridgehead atoms. The largest absolute Gasteiger partial charge is 0.496 e. The Morgan fingerprint density at radius 1 is 1.30 bits per heavy atom. The summed E-state index contributed by atoms with van der Waals surface area (Å²) in [7, 11) is 1.52. The average molecular weight is 467 g/mol. The SMILES string of the molecule is COc1ccc(Cl)cc1C(=O)Nc1ccc(Br)cc1I. The lowest BCUT2D eigenvalue weighted by Gasteiger charge is -2.11. The summed E-state index contributed by atoms with van der Waals surface area (Å²) < 4.78 is 7.07. The molecule has 2 aromatic rings. The number of carbonyl (C=O) groups excluding carboxylic acids is 1. The van der Waals surface area contributed by atoms with Crippen LogP contribution in [0, 0.1) is 3.57 Å². The number of rotatable bonds is 3. The molecule has 104 valence electrons. The zero-order chi connectivity index (χ0) is 14.7. The Balaban J connectivity index is 2.30. The molecule has 0 aliphatic carbocycles. The Morgan fingerprint density at radius 3 is 2.70 bits per heavy atom. The molecule has 0 aliphatic rings. The first-order valence-corrected chi connectivity index (χ1v) is 7.86. The number of ether oxygens (including phenoxy) is 1. The van der Waals surface area contributed by atoms with Crippen LogP contribution in [0.15, 0.2) is 40.9 Å². The van der Waals surface area contributed by atoms with Crippen LogP contribution < -0.4 is 10.1 Å². The van der Waals surface area contributed by atoms with Crippen LogP contribution in [-0.4, -0.2) is 13.0 Å². The zero-order valence-electron chi connectivity index (χ0n) is 10.4. The molecule has 2 rings (SSSR count). The summed E-state index contributed by atoms with van der Waals surface area (Å²) in [5, 5.41) is 3.34. The highest BCUT2D eigenvalue weighted by atomic mass is 127. The highest BCUT2D eigenvalue weighted by Gasteiger charge is 2.14. The fourth-order valence-corrected chi connectivity index (χ4v) is 3.25. The first-order valence-electron chi connectivity index (χ1n) is 5.61. The van der Waals surface area contributed by atoms with E-state index in [0.717, 1.165) is 13.7 Å². The maximum atomic E-state index is 12.3. The van der Waals surface area contributed by atoms with E-state index in [0.29, 0.717) is 16.3 Å². The number of hydrogen-bond donors (Lipinski definition) is 1. The Labute approximate surface area is 143 Å². The van der Waals surface area contributed by atoms with Crippen molar-refractivity contribution in [3.8, 4) is 5.75 Å². The van der Waals surface area contributed by atoms with Crippen LogP contribution in [0.1, 0.15) is 10.4 Å². The van der Waals surface area contributed by atoms with Crippen molar-refractivity contribution in [2.24, 2.45) is 0 Å². The van der Waals surface area contributed by atoms with Crippen molar-refractivity contribution in [1.82, 2.24) is 0 Å². The molecule has 0 radical (unpaired) electrons. The molecule has 0 saturated carbocycles. The number of nitrogens with one attached hydrogen (secondary N) is 1. The maximum Gasteiger partial charge on any atom is 0.259 e. The Kier molecular flexibility index (Phi) is 5.29. The molecule has 20 heavy (non-hydrogen) atoms. The van der Waals surface area contributed by atoms with Gasteiger partial charge in [-0.25, -0.2) is 0 Å². The molecular weight excluding hydrogens is 456 g/mol. The van der Waals surface area contributed by atoms with Crippen LogP contribution in [0.2, 0.25) is 5.02 Å². The molecule has 0 saturated heterocycles. The van der Waals surface area contributed by atoms with Gasteiger partial charge >= 0.3 is 0 Å². The van der Waals surface area contributed by atoms with E-state index in [1.165, 1.54) is 7.11 Å². The minimum atomic E-state index is -0.260. The lowest BCUT2D eigenvalue weighted by atomic mass is 10.2. The molecular formula is C14H10BrClINO2. The van der Waals surface area contributed by atoms with E-state index in [2.05, 4.69) is 43.8 Å². The van der Waals surface area contributed by atoms with E-state index in [9.17, 15) is 4.79 Å². The van der Waals surface area contributed by atoms with Crippen LogP contribution in [0.4, 0.5) is 5.69 Å². The lowest BCUT2D eigenvalue weighted by Crippen LogP contribution is -2.14. The molecule has 0 atom stereocenters. The summed E-state index contributed by atoms with van der Waals surface area (Å²) in [6, 6.07) is 10.6. The van der Waals surface area contributed by atoms with Gasteiger partial charge in [0.1, 0.15) is 5.75 Å². The molecule has 0 spiro atoms. The Bertz CT molecular complexity index is 664. The van der Waals surface area contributed by atoms with E-state index in [1.54, 1.807) is 18.2 Å². The van der Waals surface area contributed by atoms with Crippen molar-refractivity contribution in [2.45, 2.75) is 0 Å². The van der Waals surface area contributed by atoms with Crippen LogP contribution in [0.3, 0.4) is 0 Å². The molecule has 6 heteroatoms. The van der Waals surface area contributed by atoms with Crippen molar-refractivity contribution in [3.63, 3.8) is 0 Å². The van der Waals surface area contributed by atoms with E-state index < -0.39 is 0 Å². The van der Waals surface area contributed by atoms with Crippen LogP contribution in [0.25, 0.3) is 0 Å². The minimum Gasteiger partial charge on any atom is -0.496 e. The fraction of sp³-hybridized carbons (Fsp3) is 0.0714. The smallest absolute Gasteiger partial charge is 0.259 e. The first-order chi connectivity index (χ1) is 9.51. The predicted octanol–water partition coefficient (Wildman–Crippen LogP) is 4.97. The second-order valence-electron chi connectivity index (χ2n) is 3.92. The van der Waals surface area contributed by atoms with Gasteiger partial charge in [0.2, 0.25) is 0 Å². The third-order valence-corrected chi connectivity index (χ3v) is 4.21. The van der Waals surface area contributed by atoms with Gasteiger partial charge in [-0.2, -0.15) is 0 Å². The zero-order valence-corrected chi connectivity index (χ0v) is 14.9. The topological polar surface area (TPSA) is 38.3 Å². The number of halogens is 3. The molecule has 0 fully saturated rings. The van der Waals surface area contributed by atoms with Gasteiger partial charge in [0.15, 0.2) is 0 Å². The van der Waals surface area contributed by atoms with Crippen molar-refractivity contribution in [3.05, 3.63) is 55.0 Å². The fourth-order valence-electron chi connectivity index (χ4n) is 1.64. The highest BCUT2D eigenvalue weighted by molar-refractivity contribution is 14.1. The van der Waals surface area contributed by atoms with Crippen LogP contribution in [-0.2, 0) is 0 Å². The van der Waals surface area contributed by atoms with Crippen molar-refractivity contribution >= 4 is 61.7 Å². The normalized spacial score (nSPS) is 10.2. The van der Waals surface area contributed by atoms with Gasteiger partial charge in [-0.1, -0.05) is 27.5 Å². The van der Waals surface area contributed by atoms with E-state index in [4.69, 9.17) is 16.3 Å². The Morgan fingerprint density at radius 2 is 2.05 bits per heavy atom. The summed E-state index contributed by atoms with van der Waals surface area (Å²) in [4.78, 5) is 12.3. The number of methoxy groups -OCH3 is 1. The summed E-state index contributed by atoms with van der Waals surface area (Å²) in [5.41, 5.74) is 1.14. The van der Waals surface area contributed by atoms with Crippen molar-refractivity contribution in [1.29, 1.82) is 0 Å². The van der Waals surface area contributed by atoms with Crippen molar-refractivity contribution < 1.29 is 9.53 Å². The number of benzene rings is 2. The number of carbonyl (C=O) groups is 1. The van der Waals surface area contributed by atoms with Gasteiger partial charge in [-0.05, 0) is 59.0 Å². The van der Waals surface area contributed by atoms with E-state index in [1.807, 2.05) is 18.2 Å². The molecule has 2 aromatic carbocycles. The number of anilines is 1. The van der Waals surface area contributed by atoms with Gasteiger partial charge < -0.3 is 10.1 Å². The second kappa shape index (κ2) is 6.78. The van der Waals surface area contributed by atoms with Crippen LogP contribution in [0.5, 0.6) is 5.75 Å². The second-order valence-corrected chi connectivity index (χ2v) is 6.44. The Hall–Kier alpha value is -0.790. The summed E-state index contributed by atoms with van der Waals surface area (Å²) in [6.07, 6.45) is 0. The first kappa shape index (κ1) is 15.6. The number of hydrogen-bond acceptors (Lipinski definition) is 2. The molecule has 1 amide bonds. The monoisotopic (exact) mass is 465 g/mol. The average Bonchev–Trinajstić information content (AvgIpc) is 2.41. The van der Waals surface area contributed by atoms with Crippen molar-refractivity contribution in [2.75, 3.05) is 12.4 Å². The van der Waals surface area contributed by atoms with Gasteiger partial charge in [-0.15, -0.1) is 0 Å². The van der Waals surface area contributed by atoms with E-state index >= 15 is 0 Å². The third kappa shape index (κ3) is 3.65. The predicted molar refractivity (Wildman–Crippen MR) is 92.8 cm³/mol. The molecule has 1 N–H and O–H groups in total. The standard InChI is InChI=1S/C14H10BrClINO2/c1-20-13-5-3-9(16)7-10(13)14(19)18-12-4-2-8(15)6-11(12)17/h2-7H,1H3,(H,18,19). The molecule has 0 aromatic heterocycles. The number of amides is 1. The van der Waals surface area contributed by atoms with Crippen LogP contribution >= 0.6 is 50.1 Å². The quantitative estimate of drug-likeness (QED) is 0.649. The third-order valence-electron chi connectivity index (χ3n) is 2.59. The summed E-state index contributed by atoms with van der Waals surface area (Å²) in [6.45, 7) is 0. The van der Waals surface area contributed by atoms with Gasteiger partial charge in [-0.3, -0.25) is 4.79 Å². The molecule has 0 unspecified atom stereocenters. The summed E-state index contributed by atoms with van der Waals surface area (Å²) >= 11 is 11.5. The van der Waals surface area contributed by atoms with Gasteiger partial charge in [0.05, 0.1) is 18.4 Å². The van der Waals surface area contributed by atoms with E-state index in [-0.39, 0.29) is 5.91 Å². The van der Waals surface area contributed by atoms with Gasteiger partial charge in [0, 0.05) is 13.1 Å². The minimum absolute atomic E-state index is 0.260. The van der Waals surface area contributed by atoms with Gasteiger partial charge in [0.25, 0.3) is 5.91 Å². The molecule has 3 nitrogen and oxygen atoms in total. The molecule has 0 aliphatic heterocycles. The molecule has 0 heterocycles. The lowest BCUT2D eigenvalue weighted by molar-refractivity contribution is 0.102. The summed E-state index contributed by atoms with van der Waals surface area (Å²) in [5.74, 6) is 0.226.